The predicted octanol–water partition coefficient (Wildman–Crippen LogP) is 3.09. The Morgan fingerprint density at radius 1 is 1.00 bits per heavy atom. The summed E-state index contributed by atoms with van der Waals surface area (Å²) in [6, 6.07) is 12.0. The van der Waals surface area contributed by atoms with Crippen molar-refractivity contribution in [2.45, 2.75) is 6.92 Å². The number of esters is 2. The Balaban J connectivity index is 1.83. The number of rotatable bonds is 6. The summed E-state index contributed by atoms with van der Waals surface area (Å²) >= 11 is 6.11. The number of anilines is 2. The topological polar surface area (TPSA) is 102 Å². The minimum atomic E-state index is -0.727. The molecule has 9 heteroatoms. The monoisotopic (exact) mass is 428 g/mol. The van der Waals surface area contributed by atoms with Gasteiger partial charge in [-0.15, -0.1) is 0 Å². The van der Waals surface area contributed by atoms with Gasteiger partial charge in [0.15, 0.2) is 0 Å². The molecule has 2 amide bonds. The Morgan fingerprint density at radius 2 is 1.70 bits per heavy atom. The van der Waals surface area contributed by atoms with Gasteiger partial charge in [-0.05, 0) is 49.4 Å². The van der Waals surface area contributed by atoms with E-state index in [1.54, 1.807) is 19.1 Å². The molecule has 1 aliphatic heterocycles. The summed E-state index contributed by atoms with van der Waals surface area (Å²) in [5, 5.41) is 2.52. The van der Waals surface area contributed by atoms with Crippen LogP contribution in [0.25, 0.3) is 0 Å². The molecule has 0 spiro atoms. The van der Waals surface area contributed by atoms with Crippen LogP contribution in [0.4, 0.5) is 11.4 Å². The molecule has 0 bridgehead atoms. The predicted molar refractivity (Wildman–Crippen MR) is 109 cm³/mol. The van der Waals surface area contributed by atoms with E-state index in [2.05, 4.69) is 10.1 Å². The normalized spacial score (nSPS) is 13.5. The molecule has 2 aromatic rings. The minimum absolute atomic E-state index is 0.117. The summed E-state index contributed by atoms with van der Waals surface area (Å²) in [5.41, 5.74) is 1.04. The molecule has 3 rings (SSSR count). The van der Waals surface area contributed by atoms with Gasteiger partial charge in [0.1, 0.15) is 10.7 Å². The van der Waals surface area contributed by atoms with Crippen molar-refractivity contribution in [2.24, 2.45) is 0 Å². The van der Waals surface area contributed by atoms with Crippen molar-refractivity contribution < 1.29 is 28.7 Å². The number of carbonyl (C=O) groups excluding carboxylic acids is 4. The number of ether oxygens (including phenoxy) is 2. The molecule has 0 aliphatic carbocycles. The zero-order chi connectivity index (χ0) is 21.8. The first-order chi connectivity index (χ1) is 14.4. The molecule has 30 heavy (non-hydrogen) atoms. The van der Waals surface area contributed by atoms with Gasteiger partial charge in [-0.2, -0.15) is 0 Å². The summed E-state index contributed by atoms with van der Waals surface area (Å²) in [4.78, 5) is 49.8. The second-order valence-corrected chi connectivity index (χ2v) is 6.48. The maximum Gasteiger partial charge on any atom is 0.338 e. The Kier molecular flexibility index (Phi) is 6.17. The van der Waals surface area contributed by atoms with Gasteiger partial charge in [0, 0.05) is 5.69 Å². The standard InChI is InChI=1S/C21H17ClN2O6/c1-3-30-21(28)12-7-9-14(10-8-12)23-17-16(22)18(25)24(19(17)26)15-6-4-5-13(11-15)20(27)29-2/h4-11,23H,3H2,1-2H3. The lowest BCUT2D eigenvalue weighted by Gasteiger charge is -2.16. The van der Waals surface area contributed by atoms with Gasteiger partial charge >= 0.3 is 11.9 Å². The van der Waals surface area contributed by atoms with Gasteiger partial charge in [0.05, 0.1) is 30.5 Å². The highest BCUT2D eigenvalue weighted by Gasteiger charge is 2.39. The lowest BCUT2D eigenvalue weighted by Crippen LogP contribution is -2.32. The Hall–Kier alpha value is -3.65. The van der Waals surface area contributed by atoms with Crippen LogP contribution in [-0.4, -0.2) is 37.5 Å². The molecule has 0 saturated heterocycles. The molecule has 2 aromatic carbocycles. The quantitative estimate of drug-likeness (QED) is 0.557. The fraction of sp³-hybridized carbons (Fsp3) is 0.143. The number of carbonyl (C=O) groups is 4. The summed E-state index contributed by atoms with van der Waals surface area (Å²) in [7, 11) is 1.23. The van der Waals surface area contributed by atoms with Crippen LogP contribution in [-0.2, 0) is 19.1 Å². The number of imide groups is 1. The molecule has 0 atom stereocenters. The number of amides is 2. The second kappa shape index (κ2) is 8.79. The van der Waals surface area contributed by atoms with Crippen molar-refractivity contribution in [3.8, 4) is 0 Å². The van der Waals surface area contributed by atoms with Gasteiger partial charge in [-0.1, -0.05) is 17.7 Å². The van der Waals surface area contributed by atoms with Crippen LogP contribution in [0.1, 0.15) is 27.6 Å². The molecule has 0 unspecified atom stereocenters. The zero-order valence-electron chi connectivity index (χ0n) is 16.1. The van der Waals surface area contributed by atoms with Crippen molar-refractivity contribution >= 4 is 46.7 Å². The van der Waals surface area contributed by atoms with Crippen LogP contribution in [0, 0.1) is 0 Å². The molecule has 0 aromatic heterocycles. The van der Waals surface area contributed by atoms with E-state index >= 15 is 0 Å². The van der Waals surface area contributed by atoms with E-state index in [1.165, 1.54) is 43.5 Å². The van der Waals surface area contributed by atoms with E-state index in [9.17, 15) is 19.2 Å². The number of hydrogen-bond acceptors (Lipinski definition) is 7. The SMILES string of the molecule is CCOC(=O)c1ccc(NC2=C(Cl)C(=O)N(c3cccc(C(=O)OC)c3)C2=O)cc1. The van der Waals surface area contributed by atoms with Gasteiger partial charge < -0.3 is 14.8 Å². The van der Waals surface area contributed by atoms with Crippen molar-refractivity contribution in [3.63, 3.8) is 0 Å². The average Bonchev–Trinajstić information content (AvgIpc) is 2.97. The highest BCUT2D eigenvalue weighted by Crippen LogP contribution is 2.30. The second-order valence-electron chi connectivity index (χ2n) is 6.10. The molecule has 0 radical (unpaired) electrons. The van der Waals surface area contributed by atoms with Crippen molar-refractivity contribution in [2.75, 3.05) is 23.9 Å². The average molecular weight is 429 g/mol. The third kappa shape index (κ3) is 4.04. The minimum Gasteiger partial charge on any atom is -0.465 e. The summed E-state index contributed by atoms with van der Waals surface area (Å²) in [5.74, 6) is -2.48. The lowest BCUT2D eigenvalue weighted by molar-refractivity contribution is -0.120. The smallest absolute Gasteiger partial charge is 0.338 e. The zero-order valence-corrected chi connectivity index (χ0v) is 16.9. The van der Waals surface area contributed by atoms with Crippen LogP contribution in [0.5, 0.6) is 0 Å². The van der Waals surface area contributed by atoms with E-state index in [0.29, 0.717) is 11.3 Å². The van der Waals surface area contributed by atoms with E-state index < -0.39 is 23.8 Å². The third-order valence-electron chi connectivity index (χ3n) is 4.22. The Labute approximate surface area is 177 Å². The molecule has 0 saturated carbocycles. The molecule has 8 nitrogen and oxygen atoms in total. The number of nitrogens with one attached hydrogen (secondary N) is 1. The molecular formula is C21H17ClN2O6. The molecule has 1 N–H and O–H groups in total. The molecule has 0 fully saturated rings. The number of hydrogen-bond donors (Lipinski definition) is 1. The van der Waals surface area contributed by atoms with Gasteiger partial charge in [0.2, 0.25) is 0 Å². The van der Waals surface area contributed by atoms with Gasteiger partial charge in [0.25, 0.3) is 11.8 Å². The number of halogens is 1. The fourth-order valence-corrected chi connectivity index (χ4v) is 3.00. The first kappa shape index (κ1) is 21.1. The maximum absolute atomic E-state index is 12.9. The van der Waals surface area contributed by atoms with Gasteiger partial charge in [-0.3, -0.25) is 9.59 Å². The number of methoxy groups -OCH3 is 1. The van der Waals surface area contributed by atoms with Crippen LogP contribution in [0.2, 0.25) is 0 Å². The van der Waals surface area contributed by atoms with Crippen LogP contribution in [0.3, 0.4) is 0 Å². The maximum atomic E-state index is 12.9. The molecule has 1 aliphatic rings. The molecular weight excluding hydrogens is 412 g/mol. The van der Waals surface area contributed by atoms with Crippen LogP contribution < -0.4 is 10.2 Å². The van der Waals surface area contributed by atoms with E-state index in [4.69, 9.17) is 16.3 Å². The summed E-state index contributed by atoms with van der Waals surface area (Å²) in [6.07, 6.45) is 0. The summed E-state index contributed by atoms with van der Waals surface area (Å²) in [6.45, 7) is 1.96. The van der Waals surface area contributed by atoms with E-state index in [0.717, 1.165) is 4.90 Å². The largest absolute Gasteiger partial charge is 0.465 e. The van der Waals surface area contributed by atoms with E-state index in [-0.39, 0.29) is 28.6 Å². The van der Waals surface area contributed by atoms with Gasteiger partial charge in [-0.25, -0.2) is 14.5 Å². The first-order valence-corrected chi connectivity index (χ1v) is 9.26. The van der Waals surface area contributed by atoms with Crippen molar-refractivity contribution in [3.05, 3.63) is 70.4 Å². The Bertz CT molecular complexity index is 1060. The van der Waals surface area contributed by atoms with Crippen molar-refractivity contribution in [1.29, 1.82) is 0 Å². The van der Waals surface area contributed by atoms with Crippen molar-refractivity contribution in [1.82, 2.24) is 0 Å². The lowest BCUT2D eigenvalue weighted by atomic mass is 10.2. The molecule has 154 valence electrons. The third-order valence-corrected chi connectivity index (χ3v) is 4.57. The fourth-order valence-electron chi connectivity index (χ4n) is 2.78. The van der Waals surface area contributed by atoms with E-state index in [1.807, 2.05) is 0 Å². The number of benzene rings is 2. The molecule has 1 heterocycles. The van der Waals surface area contributed by atoms with Crippen LogP contribution in [0.15, 0.2) is 59.3 Å². The first-order valence-electron chi connectivity index (χ1n) is 8.88. The highest BCUT2D eigenvalue weighted by molar-refractivity contribution is 6.53. The highest BCUT2D eigenvalue weighted by atomic mass is 35.5. The Morgan fingerprint density at radius 3 is 2.33 bits per heavy atom. The number of nitrogens with zero attached hydrogens (tertiary/aromatic N) is 1. The summed E-state index contributed by atoms with van der Waals surface area (Å²) < 4.78 is 9.58. The van der Waals surface area contributed by atoms with Crippen LogP contribution >= 0.6 is 11.6 Å².